The Balaban J connectivity index is 0.00000261. The van der Waals surface area contributed by atoms with Gasteiger partial charge < -0.3 is 21.7 Å². The van der Waals surface area contributed by atoms with Crippen LogP contribution in [0.2, 0.25) is 10.0 Å². The Kier molecular flexibility index (Phi) is 8.64. The maximum atomic E-state index is 12.2. The first-order valence-corrected chi connectivity index (χ1v) is 9.67. The third-order valence-electron chi connectivity index (χ3n) is 3.56. The fourth-order valence-corrected chi connectivity index (χ4v) is 3.88. The maximum absolute atomic E-state index is 12.2. The summed E-state index contributed by atoms with van der Waals surface area (Å²) < 4.78 is 7.22. The number of esters is 1. The summed E-state index contributed by atoms with van der Waals surface area (Å²) in [5, 5.41) is 2.20. The Morgan fingerprint density at radius 3 is 2.48 bits per heavy atom. The number of hydrogen-bond acceptors (Lipinski definition) is 3. The van der Waals surface area contributed by atoms with E-state index in [1.54, 1.807) is 30.0 Å². The molecule has 1 heterocycles. The Morgan fingerprint density at radius 2 is 1.74 bits per heavy atom. The van der Waals surface area contributed by atoms with Crippen molar-refractivity contribution in [1.29, 1.82) is 0 Å². The van der Waals surface area contributed by atoms with Crippen LogP contribution >= 0.6 is 35.0 Å². The molecule has 0 amide bonds. The number of carbonyl (C=O) groups is 1. The van der Waals surface area contributed by atoms with Gasteiger partial charge in [-0.2, -0.15) is 4.57 Å². The van der Waals surface area contributed by atoms with Crippen molar-refractivity contribution in [3.63, 3.8) is 0 Å². The van der Waals surface area contributed by atoms with Crippen LogP contribution in [0.1, 0.15) is 5.56 Å². The highest BCUT2D eigenvalue weighted by Crippen LogP contribution is 2.27. The minimum Gasteiger partial charge on any atom is -1.00 e. The summed E-state index contributed by atoms with van der Waals surface area (Å²) in [7, 11) is 0. The van der Waals surface area contributed by atoms with Gasteiger partial charge in [0.05, 0.1) is 0 Å². The average Bonchev–Trinajstić information content (AvgIpc) is 2.63. The SMILES string of the molecule is O=C(C[n+]1ccccc1SCc1ccc(Cl)cc1Cl)Oc1ccccc1.[Br-]. The number of aromatic nitrogens is 1. The van der Waals surface area contributed by atoms with Crippen LogP contribution in [0.3, 0.4) is 0 Å². The van der Waals surface area contributed by atoms with Crippen molar-refractivity contribution in [3.05, 3.63) is 88.5 Å². The standard InChI is InChI=1S/C20H16Cl2NO2S.BrH/c21-16-10-9-15(18(22)12-16)14-26-19-8-4-5-11-23(19)13-20(24)25-17-6-2-1-3-7-17;/h1-12H,13-14H2;1H/q+1;/p-1. The number of benzene rings is 2. The summed E-state index contributed by atoms with van der Waals surface area (Å²) in [5.41, 5.74) is 0.989. The van der Waals surface area contributed by atoms with Crippen molar-refractivity contribution >= 4 is 40.9 Å². The molecule has 0 N–H and O–H groups in total. The first-order valence-electron chi connectivity index (χ1n) is 7.93. The fourth-order valence-electron chi connectivity index (χ4n) is 2.30. The van der Waals surface area contributed by atoms with Gasteiger partial charge in [-0.15, -0.1) is 0 Å². The van der Waals surface area contributed by atoms with E-state index in [0.29, 0.717) is 21.5 Å². The summed E-state index contributed by atoms with van der Waals surface area (Å²) in [6, 6.07) is 20.3. The van der Waals surface area contributed by atoms with Gasteiger partial charge in [-0.05, 0) is 35.9 Å². The Bertz CT molecular complexity index is 909. The molecular weight excluding hydrogens is 469 g/mol. The van der Waals surface area contributed by atoms with Gasteiger partial charge in [-0.3, -0.25) is 0 Å². The zero-order valence-electron chi connectivity index (χ0n) is 14.1. The van der Waals surface area contributed by atoms with E-state index < -0.39 is 0 Å². The highest BCUT2D eigenvalue weighted by molar-refractivity contribution is 7.98. The predicted molar refractivity (Wildman–Crippen MR) is 105 cm³/mol. The molecule has 0 unspecified atom stereocenters. The van der Waals surface area contributed by atoms with Crippen LogP contribution in [0.25, 0.3) is 0 Å². The van der Waals surface area contributed by atoms with E-state index in [2.05, 4.69) is 0 Å². The fraction of sp³-hybridized carbons (Fsp3) is 0.100. The molecule has 0 aliphatic rings. The Morgan fingerprint density at radius 1 is 1.00 bits per heavy atom. The lowest BCUT2D eigenvalue weighted by molar-refractivity contribution is -0.721. The van der Waals surface area contributed by atoms with Gasteiger partial charge in [0.1, 0.15) is 5.75 Å². The third-order valence-corrected chi connectivity index (χ3v) is 5.27. The number of para-hydroxylation sites is 1. The molecule has 0 bridgehead atoms. The molecule has 140 valence electrons. The third kappa shape index (κ3) is 6.54. The second kappa shape index (κ2) is 10.7. The molecule has 0 saturated carbocycles. The van der Waals surface area contributed by atoms with Gasteiger partial charge in [-0.25, -0.2) is 4.79 Å². The quantitative estimate of drug-likeness (QED) is 0.232. The molecule has 0 aliphatic carbocycles. The number of pyridine rings is 1. The summed E-state index contributed by atoms with van der Waals surface area (Å²) in [6.07, 6.45) is 1.86. The lowest BCUT2D eigenvalue weighted by Gasteiger charge is -2.06. The Labute approximate surface area is 183 Å². The molecule has 0 fully saturated rings. The topological polar surface area (TPSA) is 30.2 Å². The molecule has 27 heavy (non-hydrogen) atoms. The van der Waals surface area contributed by atoms with E-state index in [9.17, 15) is 4.79 Å². The number of halogens is 3. The molecule has 7 heteroatoms. The molecule has 3 rings (SSSR count). The van der Waals surface area contributed by atoms with E-state index in [0.717, 1.165) is 10.6 Å². The minimum absolute atomic E-state index is 0. The van der Waals surface area contributed by atoms with Crippen LogP contribution in [-0.2, 0) is 17.1 Å². The van der Waals surface area contributed by atoms with Crippen LogP contribution < -0.4 is 26.3 Å². The second-order valence-corrected chi connectivity index (χ2v) is 7.32. The van der Waals surface area contributed by atoms with Gasteiger partial charge in [0.25, 0.3) is 0 Å². The lowest BCUT2D eigenvalue weighted by Crippen LogP contribution is -3.00. The zero-order chi connectivity index (χ0) is 18.4. The predicted octanol–water partition coefficient (Wildman–Crippen LogP) is 2.18. The number of thioether (sulfide) groups is 1. The first kappa shape index (κ1) is 21.8. The van der Waals surface area contributed by atoms with Crippen molar-refractivity contribution in [2.45, 2.75) is 17.3 Å². The number of hydrogen-bond donors (Lipinski definition) is 0. The highest BCUT2D eigenvalue weighted by Gasteiger charge is 2.17. The van der Waals surface area contributed by atoms with E-state index in [4.69, 9.17) is 27.9 Å². The van der Waals surface area contributed by atoms with E-state index >= 15 is 0 Å². The molecule has 3 aromatic rings. The van der Waals surface area contributed by atoms with Crippen LogP contribution in [0.4, 0.5) is 0 Å². The molecule has 0 radical (unpaired) electrons. The monoisotopic (exact) mass is 483 g/mol. The number of nitrogens with zero attached hydrogens (tertiary/aromatic N) is 1. The molecule has 0 atom stereocenters. The molecule has 0 spiro atoms. The van der Waals surface area contributed by atoms with Crippen molar-refractivity contribution in [2.75, 3.05) is 0 Å². The highest BCUT2D eigenvalue weighted by atomic mass is 79.9. The van der Waals surface area contributed by atoms with Gasteiger partial charge in [0.2, 0.25) is 11.6 Å². The van der Waals surface area contributed by atoms with Gasteiger partial charge in [-0.1, -0.05) is 59.2 Å². The van der Waals surface area contributed by atoms with Gasteiger partial charge in [0, 0.05) is 27.9 Å². The van der Waals surface area contributed by atoms with Crippen molar-refractivity contribution in [1.82, 2.24) is 0 Å². The summed E-state index contributed by atoms with van der Waals surface area (Å²) in [4.78, 5) is 12.2. The first-order chi connectivity index (χ1) is 12.6. The van der Waals surface area contributed by atoms with Crippen LogP contribution in [-0.4, -0.2) is 5.97 Å². The maximum Gasteiger partial charge on any atom is 0.378 e. The van der Waals surface area contributed by atoms with Crippen molar-refractivity contribution in [3.8, 4) is 5.75 Å². The van der Waals surface area contributed by atoms with Crippen LogP contribution in [0.15, 0.2) is 78.0 Å². The normalized spacial score (nSPS) is 10.1. The van der Waals surface area contributed by atoms with Crippen LogP contribution in [0, 0.1) is 0 Å². The van der Waals surface area contributed by atoms with Crippen molar-refractivity contribution < 1.29 is 31.1 Å². The smallest absolute Gasteiger partial charge is 0.378 e. The average molecular weight is 485 g/mol. The summed E-state index contributed by atoms with van der Waals surface area (Å²) >= 11 is 13.8. The van der Waals surface area contributed by atoms with Gasteiger partial charge in [0.15, 0.2) is 6.20 Å². The van der Waals surface area contributed by atoms with E-state index in [1.165, 1.54) is 0 Å². The molecular formula is C20H16BrCl2NO2S. The zero-order valence-corrected chi connectivity index (χ0v) is 18.1. The minimum atomic E-state index is -0.321. The van der Waals surface area contributed by atoms with Crippen LogP contribution in [0.5, 0.6) is 5.75 Å². The molecule has 0 aliphatic heterocycles. The summed E-state index contributed by atoms with van der Waals surface area (Å²) in [6.45, 7) is 0.131. The number of rotatable bonds is 6. The van der Waals surface area contributed by atoms with E-state index in [1.807, 2.05) is 59.3 Å². The van der Waals surface area contributed by atoms with E-state index in [-0.39, 0.29) is 29.5 Å². The number of ether oxygens (including phenoxy) is 1. The Hall–Kier alpha value is -1.53. The molecule has 0 saturated heterocycles. The molecule has 2 aromatic carbocycles. The van der Waals surface area contributed by atoms with Gasteiger partial charge >= 0.3 is 5.97 Å². The summed E-state index contributed by atoms with van der Waals surface area (Å²) in [5.74, 6) is 0.892. The lowest BCUT2D eigenvalue weighted by atomic mass is 10.2. The largest absolute Gasteiger partial charge is 1.00 e. The number of carbonyl (C=O) groups excluding carboxylic acids is 1. The molecule has 1 aromatic heterocycles. The molecule has 3 nitrogen and oxygen atoms in total. The second-order valence-electron chi connectivity index (χ2n) is 5.48. The van der Waals surface area contributed by atoms with Crippen molar-refractivity contribution in [2.24, 2.45) is 0 Å².